The minimum Gasteiger partial charge on any atom is -0.355 e. The lowest BCUT2D eigenvalue weighted by Crippen LogP contribution is -1.86. The Morgan fingerprint density at radius 1 is 1.11 bits per heavy atom. The van der Waals surface area contributed by atoms with Crippen LogP contribution in [0.4, 0.5) is 0 Å². The third kappa shape index (κ3) is 2.47. The maximum atomic E-state index is 5.40. The van der Waals surface area contributed by atoms with Gasteiger partial charge in [-0.05, 0) is 22.9 Å². The summed E-state index contributed by atoms with van der Waals surface area (Å²) in [5.74, 6) is 1.38. The van der Waals surface area contributed by atoms with E-state index in [0.29, 0.717) is 5.92 Å². The molecule has 2 heterocycles. The summed E-state index contributed by atoms with van der Waals surface area (Å²) in [7, 11) is 0. The van der Waals surface area contributed by atoms with Crippen LogP contribution in [-0.4, -0.2) is 5.16 Å². The molecule has 96 valence electrons. The van der Waals surface area contributed by atoms with Crippen molar-refractivity contribution in [2.75, 3.05) is 0 Å². The molecule has 0 spiro atoms. The maximum Gasteiger partial charge on any atom is 0.177 e. The Kier molecular flexibility index (Phi) is 3.22. The Balaban J connectivity index is 1.90. The van der Waals surface area contributed by atoms with Crippen LogP contribution in [0, 0.1) is 0 Å². The fourth-order valence-corrected chi connectivity index (χ4v) is 2.66. The highest BCUT2D eigenvalue weighted by molar-refractivity contribution is 7.13. The maximum absolute atomic E-state index is 5.40. The summed E-state index contributed by atoms with van der Waals surface area (Å²) in [4.78, 5) is 1.11. The van der Waals surface area contributed by atoms with Gasteiger partial charge in [-0.1, -0.05) is 49.3 Å². The van der Waals surface area contributed by atoms with E-state index in [0.717, 1.165) is 21.9 Å². The van der Waals surface area contributed by atoms with E-state index in [-0.39, 0.29) is 0 Å². The van der Waals surface area contributed by atoms with Crippen molar-refractivity contribution >= 4 is 11.3 Å². The molecule has 2 aromatic heterocycles. The lowest BCUT2D eigenvalue weighted by molar-refractivity contribution is 0.436. The number of thiophene rings is 1. The fraction of sp³-hybridized carbons (Fsp3) is 0.188. The van der Waals surface area contributed by atoms with Gasteiger partial charge in [-0.25, -0.2) is 0 Å². The predicted molar refractivity (Wildman–Crippen MR) is 79.3 cm³/mol. The smallest absolute Gasteiger partial charge is 0.177 e. The summed E-state index contributed by atoms with van der Waals surface area (Å²) in [5.41, 5.74) is 3.32. The largest absolute Gasteiger partial charge is 0.355 e. The number of nitrogens with zero attached hydrogens (tertiary/aromatic N) is 1. The zero-order valence-electron chi connectivity index (χ0n) is 11.0. The fourth-order valence-electron chi connectivity index (χ4n) is 1.98. The molecular formula is C16H15NOS. The van der Waals surface area contributed by atoms with Crippen LogP contribution in [0.1, 0.15) is 25.3 Å². The second kappa shape index (κ2) is 5.02. The van der Waals surface area contributed by atoms with Crippen molar-refractivity contribution in [3.63, 3.8) is 0 Å². The Bertz CT molecular complexity index is 650. The monoisotopic (exact) mass is 269 g/mol. The molecule has 0 saturated carbocycles. The van der Waals surface area contributed by atoms with Gasteiger partial charge in [0.25, 0.3) is 0 Å². The molecule has 0 bridgehead atoms. The van der Waals surface area contributed by atoms with Crippen molar-refractivity contribution in [1.29, 1.82) is 0 Å². The standard InChI is InChI=1S/C16H15NOS/c1-11(2)12-5-7-13(8-6-12)14-10-15(18-17-14)16-4-3-9-19-16/h3-11H,1-2H3. The van der Waals surface area contributed by atoms with E-state index in [1.807, 2.05) is 23.6 Å². The average molecular weight is 269 g/mol. The van der Waals surface area contributed by atoms with Gasteiger partial charge in [-0.3, -0.25) is 0 Å². The molecule has 3 aromatic rings. The summed E-state index contributed by atoms with van der Waals surface area (Å²) in [5, 5.41) is 6.19. The molecule has 0 saturated heterocycles. The second-order valence-electron chi connectivity index (χ2n) is 4.83. The molecule has 0 amide bonds. The third-order valence-electron chi connectivity index (χ3n) is 3.15. The summed E-state index contributed by atoms with van der Waals surface area (Å²) in [6.07, 6.45) is 0. The van der Waals surface area contributed by atoms with Crippen LogP contribution in [0.2, 0.25) is 0 Å². The Labute approximate surface area is 116 Å². The van der Waals surface area contributed by atoms with Crippen molar-refractivity contribution < 1.29 is 4.52 Å². The van der Waals surface area contributed by atoms with Gasteiger partial charge >= 0.3 is 0 Å². The number of aromatic nitrogens is 1. The predicted octanol–water partition coefficient (Wildman–Crippen LogP) is 5.19. The van der Waals surface area contributed by atoms with Gasteiger partial charge in [0.1, 0.15) is 5.69 Å². The van der Waals surface area contributed by atoms with Gasteiger partial charge < -0.3 is 4.52 Å². The number of rotatable bonds is 3. The second-order valence-corrected chi connectivity index (χ2v) is 5.78. The van der Waals surface area contributed by atoms with Crippen molar-refractivity contribution in [3.8, 4) is 21.9 Å². The third-order valence-corrected chi connectivity index (χ3v) is 4.03. The molecule has 0 aliphatic rings. The highest BCUT2D eigenvalue weighted by atomic mass is 32.1. The first-order valence-corrected chi connectivity index (χ1v) is 7.23. The molecule has 0 fully saturated rings. The van der Waals surface area contributed by atoms with Crippen LogP contribution in [0.15, 0.2) is 52.4 Å². The summed E-state index contributed by atoms with van der Waals surface area (Å²) in [6, 6.07) is 14.6. The molecular weight excluding hydrogens is 254 g/mol. The van der Waals surface area contributed by atoms with E-state index < -0.39 is 0 Å². The Hall–Kier alpha value is -1.87. The van der Waals surface area contributed by atoms with Crippen molar-refractivity contribution in [2.45, 2.75) is 19.8 Å². The van der Waals surface area contributed by atoms with E-state index in [4.69, 9.17) is 4.52 Å². The molecule has 0 N–H and O–H groups in total. The van der Waals surface area contributed by atoms with Gasteiger partial charge in [0, 0.05) is 11.6 Å². The highest BCUT2D eigenvalue weighted by Gasteiger charge is 2.09. The van der Waals surface area contributed by atoms with Crippen LogP contribution in [0.3, 0.4) is 0 Å². The first-order chi connectivity index (χ1) is 9.24. The van der Waals surface area contributed by atoms with Crippen LogP contribution >= 0.6 is 11.3 Å². The van der Waals surface area contributed by atoms with Crippen molar-refractivity contribution in [1.82, 2.24) is 5.16 Å². The SMILES string of the molecule is CC(C)c1ccc(-c2cc(-c3cccs3)on2)cc1. The van der Waals surface area contributed by atoms with Crippen LogP contribution in [-0.2, 0) is 0 Å². The number of benzene rings is 1. The van der Waals surface area contributed by atoms with Crippen LogP contribution in [0.25, 0.3) is 21.9 Å². The quantitative estimate of drug-likeness (QED) is 0.653. The van der Waals surface area contributed by atoms with Crippen molar-refractivity contribution in [3.05, 3.63) is 53.4 Å². The molecule has 0 atom stereocenters. The lowest BCUT2D eigenvalue weighted by atomic mass is 10.0. The van der Waals surface area contributed by atoms with Crippen LogP contribution < -0.4 is 0 Å². The summed E-state index contributed by atoms with van der Waals surface area (Å²) >= 11 is 1.66. The van der Waals surface area contributed by atoms with Gasteiger partial charge in [-0.2, -0.15) is 0 Å². The van der Waals surface area contributed by atoms with Gasteiger partial charge in [0.05, 0.1) is 4.88 Å². The molecule has 0 radical (unpaired) electrons. The topological polar surface area (TPSA) is 26.0 Å². The Morgan fingerprint density at radius 2 is 1.89 bits per heavy atom. The number of hydrogen-bond acceptors (Lipinski definition) is 3. The van der Waals surface area contributed by atoms with Crippen molar-refractivity contribution in [2.24, 2.45) is 0 Å². The van der Waals surface area contributed by atoms with E-state index >= 15 is 0 Å². The van der Waals surface area contributed by atoms with Gasteiger partial charge in [0.15, 0.2) is 5.76 Å². The minimum atomic E-state index is 0.549. The average Bonchev–Trinajstić information content (AvgIpc) is 3.10. The molecule has 1 aromatic carbocycles. The summed E-state index contributed by atoms with van der Waals surface area (Å²) in [6.45, 7) is 4.39. The van der Waals surface area contributed by atoms with Crippen LogP contribution in [0.5, 0.6) is 0 Å². The number of hydrogen-bond donors (Lipinski definition) is 0. The summed E-state index contributed by atoms with van der Waals surface area (Å²) < 4.78 is 5.40. The first kappa shape index (κ1) is 12.2. The van der Waals surface area contributed by atoms with E-state index in [9.17, 15) is 0 Å². The molecule has 2 nitrogen and oxygen atoms in total. The zero-order chi connectivity index (χ0) is 13.2. The van der Waals surface area contributed by atoms with E-state index in [2.05, 4.69) is 43.3 Å². The normalized spacial score (nSPS) is 11.1. The van der Waals surface area contributed by atoms with Gasteiger partial charge in [-0.15, -0.1) is 11.3 Å². The molecule has 0 aliphatic heterocycles. The lowest BCUT2D eigenvalue weighted by Gasteiger charge is -2.04. The highest BCUT2D eigenvalue weighted by Crippen LogP contribution is 2.29. The molecule has 0 aliphatic carbocycles. The minimum absolute atomic E-state index is 0.549. The molecule has 3 heteroatoms. The zero-order valence-corrected chi connectivity index (χ0v) is 11.8. The van der Waals surface area contributed by atoms with Gasteiger partial charge in [0.2, 0.25) is 0 Å². The van der Waals surface area contributed by atoms with E-state index in [1.54, 1.807) is 11.3 Å². The molecule has 0 unspecified atom stereocenters. The molecule has 19 heavy (non-hydrogen) atoms. The molecule has 3 rings (SSSR count). The first-order valence-electron chi connectivity index (χ1n) is 6.35. The Morgan fingerprint density at radius 3 is 2.53 bits per heavy atom. The van der Waals surface area contributed by atoms with E-state index in [1.165, 1.54) is 5.56 Å².